The fraction of sp³-hybridized carbons (Fsp3) is 0.333. The lowest BCUT2D eigenvalue weighted by atomic mass is 10.1. The maximum absolute atomic E-state index is 11.8. The van der Waals surface area contributed by atoms with Crippen molar-refractivity contribution in [3.05, 3.63) is 45.4 Å². The van der Waals surface area contributed by atoms with Crippen molar-refractivity contribution in [1.29, 1.82) is 0 Å². The molecule has 1 aromatic heterocycles. The first-order chi connectivity index (χ1) is 9.99. The molecule has 0 aliphatic carbocycles. The first-order valence-electron chi connectivity index (χ1n) is 6.70. The minimum atomic E-state index is -0.215. The molecular formula is C15H18ClN3OS. The summed E-state index contributed by atoms with van der Waals surface area (Å²) in [5.74, 6) is -0.315. The Kier molecular flexibility index (Phi) is 5.33. The van der Waals surface area contributed by atoms with Gasteiger partial charge in [0.1, 0.15) is 0 Å². The average Bonchev–Trinajstić information content (AvgIpc) is 2.89. The standard InChI is InChI=1S/C15H18ClN3OS/c1-9-3-4-11(6-13(9)16)5-12-8-18-15(21-12)19-14(20)10(2)7-17/h3-4,6,8,10H,5,7,17H2,1-2H3,(H,18,19,20). The highest BCUT2D eigenvalue weighted by Gasteiger charge is 2.13. The summed E-state index contributed by atoms with van der Waals surface area (Å²) in [6.07, 6.45) is 2.53. The number of benzene rings is 1. The van der Waals surface area contributed by atoms with Crippen molar-refractivity contribution in [1.82, 2.24) is 4.98 Å². The van der Waals surface area contributed by atoms with Crippen LogP contribution in [-0.4, -0.2) is 17.4 Å². The zero-order valence-corrected chi connectivity index (χ0v) is 13.6. The average molecular weight is 324 g/mol. The Balaban J connectivity index is 2.03. The van der Waals surface area contributed by atoms with Crippen LogP contribution in [0, 0.1) is 12.8 Å². The third-order valence-electron chi connectivity index (χ3n) is 3.20. The Labute approximate surface area is 133 Å². The van der Waals surface area contributed by atoms with E-state index in [2.05, 4.69) is 16.4 Å². The molecule has 4 nitrogen and oxygen atoms in total. The van der Waals surface area contributed by atoms with Gasteiger partial charge in [0.05, 0.1) is 0 Å². The van der Waals surface area contributed by atoms with E-state index in [-0.39, 0.29) is 11.8 Å². The van der Waals surface area contributed by atoms with Gasteiger partial charge in [0.15, 0.2) is 5.13 Å². The highest BCUT2D eigenvalue weighted by molar-refractivity contribution is 7.15. The lowest BCUT2D eigenvalue weighted by Gasteiger charge is -2.06. The van der Waals surface area contributed by atoms with Gasteiger partial charge in [-0.2, -0.15) is 0 Å². The third-order valence-corrected chi connectivity index (χ3v) is 4.52. The molecule has 1 atom stereocenters. The van der Waals surface area contributed by atoms with E-state index in [9.17, 15) is 4.79 Å². The van der Waals surface area contributed by atoms with Crippen molar-refractivity contribution < 1.29 is 4.79 Å². The van der Waals surface area contributed by atoms with Crippen LogP contribution in [0.15, 0.2) is 24.4 Å². The fourth-order valence-corrected chi connectivity index (χ4v) is 2.78. The van der Waals surface area contributed by atoms with Crippen LogP contribution < -0.4 is 11.1 Å². The number of carbonyl (C=O) groups is 1. The molecule has 0 bridgehead atoms. The van der Waals surface area contributed by atoms with Crippen LogP contribution in [0.4, 0.5) is 5.13 Å². The number of nitrogens with zero attached hydrogens (tertiary/aromatic N) is 1. The third kappa shape index (κ3) is 4.27. The second-order valence-corrected chi connectivity index (χ2v) is 6.54. The molecule has 21 heavy (non-hydrogen) atoms. The predicted octanol–water partition coefficient (Wildman–Crippen LogP) is 3.23. The van der Waals surface area contributed by atoms with Crippen LogP contribution >= 0.6 is 22.9 Å². The first kappa shape index (κ1) is 15.9. The number of rotatable bonds is 5. The van der Waals surface area contributed by atoms with E-state index in [0.717, 1.165) is 27.4 Å². The van der Waals surface area contributed by atoms with Gasteiger partial charge >= 0.3 is 0 Å². The van der Waals surface area contributed by atoms with E-state index in [0.29, 0.717) is 11.7 Å². The molecule has 2 rings (SSSR count). The number of carbonyl (C=O) groups excluding carboxylic acids is 1. The van der Waals surface area contributed by atoms with Crippen LogP contribution in [0.1, 0.15) is 22.9 Å². The summed E-state index contributed by atoms with van der Waals surface area (Å²) in [4.78, 5) is 17.0. The van der Waals surface area contributed by atoms with E-state index in [1.165, 1.54) is 11.3 Å². The molecule has 1 heterocycles. The van der Waals surface area contributed by atoms with Crippen molar-refractivity contribution in [2.75, 3.05) is 11.9 Å². The van der Waals surface area contributed by atoms with Gasteiger partial charge in [0.2, 0.25) is 5.91 Å². The topological polar surface area (TPSA) is 68.0 Å². The molecule has 0 saturated carbocycles. The van der Waals surface area contributed by atoms with E-state index >= 15 is 0 Å². The van der Waals surface area contributed by atoms with Gasteiger partial charge in [0, 0.05) is 35.0 Å². The number of aryl methyl sites for hydroxylation is 1. The van der Waals surface area contributed by atoms with Crippen LogP contribution in [0.25, 0.3) is 0 Å². The monoisotopic (exact) mass is 323 g/mol. The fourth-order valence-electron chi connectivity index (χ4n) is 1.73. The molecule has 3 N–H and O–H groups in total. The smallest absolute Gasteiger partial charge is 0.230 e. The van der Waals surface area contributed by atoms with E-state index in [4.69, 9.17) is 17.3 Å². The number of thiazole rings is 1. The molecule has 0 radical (unpaired) electrons. The number of nitrogens with one attached hydrogen (secondary N) is 1. The summed E-state index contributed by atoms with van der Waals surface area (Å²) < 4.78 is 0. The minimum absolute atomic E-state index is 0.100. The van der Waals surface area contributed by atoms with Crippen molar-refractivity contribution in [2.45, 2.75) is 20.3 Å². The largest absolute Gasteiger partial charge is 0.330 e. The summed E-state index contributed by atoms with van der Waals surface area (Å²) in [6.45, 7) is 4.09. The first-order valence-corrected chi connectivity index (χ1v) is 7.89. The summed E-state index contributed by atoms with van der Waals surface area (Å²) in [7, 11) is 0. The van der Waals surface area contributed by atoms with Gasteiger partial charge in [-0.1, -0.05) is 30.7 Å². The summed E-state index contributed by atoms with van der Waals surface area (Å²) in [6, 6.07) is 6.02. The quantitative estimate of drug-likeness (QED) is 0.887. The van der Waals surface area contributed by atoms with E-state index in [1.807, 2.05) is 19.1 Å². The Morgan fingerprint density at radius 3 is 2.95 bits per heavy atom. The number of aromatic nitrogens is 1. The zero-order chi connectivity index (χ0) is 15.4. The van der Waals surface area contributed by atoms with Gasteiger partial charge in [-0.3, -0.25) is 4.79 Å². The van der Waals surface area contributed by atoms with Crippen LogP contribution in [-0.2, 0) is 11.2 Å². The van der Waals surface area contributed by atoms with E-state index in [1.54, 1.807) is 13.1 Å². The Morgan fingerprint density at radius 1 is 1.52 bits per heavy atom. The molecule has 6 heteroatoms. The second-order valence-electron chi connectivity index (χ2n) is 5.02. The summed E-state index contributed by atoms with van der Waals surface area (Å²) in [5.41, 5.74) is 7.66. The van der Waals surface area contributed by atoms with Crippen molar-refractivity contribution in [3.63, 3.8) is 0 Å². The van der Waals surface area contributed by atoms with Crippen LogP contribution in [0.3, 0.4) is 0 Å². The van der Waals surface area contributed by atoms with Gasteiger partial charge < -0.3 is 11.1 Å². The predicted molar refractivity (Wildman–Crippen MR) is 88.0 cm³/mol. The number of amides is 1. The number of anilines is 1. The molecular weight excluding hydrogens is 306 g/mol. The lowest BCUT2D eigenvalue weighted by Crippen LogP contribution is -2.26. The number of nitrogens with two attached hydrogens (primary N) is 1. The minimum Gasteiger partial charge on any atom is -0.330 e. The Bertz CT molecular complexity index is 642. The second kappa shape index (κ2) is 7.02. The van der Waals surface area contributed by atoms with Gasteiger partial charge in [-0.25, -0.2) is 4.98 Å². The Hall–Kier alpha value is -1.43. The van der Waals surface area contributed by atoms with Crippen molar-refractivity contribution >= 4 is 34.0 Å². The highest BCUT2D eigenvalue weighted by Crippen LogP contribution is 2.24. The van der Waals surface area contributed by atoms with Gasteiger partial charge in [-0.05, 0) is 24.1 Å². The molecule has 0 saturated heterocycles. The molecule has 1 amide bonds. The molecule has 0 fully saturated rings. The Morgan fingerprint density at radius 2 is 2.29 bits per heavy atom. The van der Waals surface area contributed by atoms with Crippen molar-refractivity contribution in [2.24, 2.45) is 11.7 Å². The molecule has 112 valence electrons. The molecule has 1 aromatic carbocycles. The van der Waals surface area contributed by atoms with E-state index < -0.39 is 0 Å². The summed E-state index contributed by atoms with van der Waals surface area (Å²) in [5, 5.41) is 4.15. The van der Waals surface area contributed by atoms with Crippen molar-refractivity contribution in [3.8, 4) is 0 Å². The normalized spacial score (nSPS) is 12.2. The maximum atomic E-state index is 11.8. The molecule has 0 spiro atoms. The molecule has 0 aliphatic rings. The molecule has 0 aliphatic heterocycles. The SMILES string of the molecule is Cc1ccc(Cc2cnc(NC(=O)C(C)CN)s2)cc1Cl. The van der Waals surface area contributed by atoms with Gasteiger partial charge in [0.25, 0.3) is 0 Å². The highest BCUT2D eigenvalue weighted by atomic mass is 35.5. The molecule has 2 aromatic rings. The zero-order valence-electron chi connectivity index (χ0n) is 12.0. The number of halogens is 1. The summed E-state index contributed by atoms with van der Waals surface area (Å²) >= 11 is 7.59. The maximum Gasteiger partial charge on any atom is 0.230 e. The number of hydrogen-bond acceptors (Lipinski definition) is 4. The van der Waals surface area contributed by atoms with Gasteiger partial charge in [-0.15, -0.1) is 11.3 Å². The number of hydrogen-bond donors (Lipinski definition) is 2. The van der Waals surface area contributed by atoms with Crippen LogP contribution in [0.2, 0.25) is 5.02 Å². The van der Waals surface area contributed by atoms with Crippen LogP contribution in [0.5, 0.6) is 0 Å². The lowest BCUT2D eigenvalue weighted by molar-refractivity contribution is -0.119. The molecule has 1 unspecified atom stereocenters.